The maximum Gasteiger partial charge on any atom is 0.308 e. The van der Waals surface area contributed by atoms with Crippen LogP contribution in [0.5, 0.6) is 0 Å². The molecule has 3 heteroatoms. The minimum absolute atomic E-state index is 0.0812. The van der Waals surface area contributed by atoms with Crippen molar-refractivity contribution in [1.82, 2.24) is 0 Å². The number of esters is 1. The van der Waals surface area contributed by atoms with Gasteiger partial charge in [0.25, 0.3) is 0 Å². The van der Waals surface area contributed by atoms with Gasteiger partial charge in [0.05, 0.1) is 12.5 Å². The fraction of sp³-hybridized carbons (Fsp3) is 0.875. The van der Waals surface area contributed by atoms with Crippen LogP contribution in [0.1, 0.15) is 26.7 Å². The molecule has 0 aromatic heterocycles. The summed E-state index contributed by atoms with van der Waals surface area (Å²) in [5, 5.41) is 9.35. The van der Waals surface area contributed by atoms with Crippen LogP contribution in [-0.2, 0) is 9.53 Å². The van der Waals surface area contributed by atoms with Crippen LogP contribution in [0.25, 0.3) is 0 Å². The number of aliphatic hydroxyl groups excluding tert-OH is 1. The second-order valence-electron chi connectivity index (χ2n) is 3.07. The van der Waals surface area contributed by atoms with Crippen LogP contribution in [-0.4, -0.2) is 23.3 Å². The highest BCUT2D eigenvalue weighted by molar-refractivity contribution is 5.71. The van der Waals surface area contributed by atoms with Crippen molar-refractivity contribution in [3.63, 3.8) is 0 Å². The number of hydrogen-bond acceptors (Lipinski definition) is 3. The van der Waals surface area contributed by atoms with E-state index < -0.39 is 6.10 Å². The summed E-state index contributed by atoms with van der Waals surface area (Å²) in [6.07, 6.45) is 0.328. The predicted molar refractivity (Wildman–Crippen MR) is 40.0 cm³/mol. The van der Waals surface area contributed by atoms with Crippen molar-refractivity contribution in [3.8, 4) is 0 Å². The Morgan fingerprint density at radius 1 is 1.73 bits per heavy atom. The first-order valence-corrected chi connectivity index (χ1v) is 4.02. The maximum atomic E-state index is 10.8. The van der Waals surface area contributed by atoms with Crippen molar-refractivity contribution in [2.75, 3.05) is 0 Å². The molecular weight excluding hydrogens is 144 g/mol. The quantitative estimate of drug-likeness (QED) is 0.572. The van der Waals surface area contributed by atoms with Gasteiger partial charge in [0.2, 0.25) is 0 Å². The van der Waals surface area contributed by atoms with Gasteiger partial charge in [0.15, 0.2) is 0 Å². The number of carbonyl (C=O) groups is 1. The standard InChI is InChI=1S/C8H14O3/c1-3-7-5(2)6(9)4-8(10)11-7/h5-7,9H,3-4H2,1-2H3/t5-,6-,7+/m0/s1. The van der Waals surface area contributed by atoms with E-state index >= 15 is 0 Å². The van der Waals surface area contributed by atoms with E-state index in [2.05, 4.69) is 0 Å². The Labute approximate surface area is 66.4 Å². The lowest BCUT2D eigenvalue weighted by Crippen LogP contribution is -2.40. The molecule has 0 aromatic carbocycles. The zero-order valence-corrected chi connectivity index (χ0v) is 6.91. The molecule has 0 radical (unpaired) electrons. The van der Waals surface area contributed by atoms with Gasteiger partial charge in [-0.3, -0.25) is 4.79 Å². The first-order chi connectivity index (χ1) is 5.15. The smallest absolute Gasteiger partial charge is 0.308 e. The van der Waals surface area contributed by atoms with Gasteiger partial charge in [0.1, 0.15) is 6.10 Å². The third-order valence-electron chi connectivity index (χ3n) is 2.25. The number of carbonyl (C=O) groups excluding carboxylic acids is 1. The zero-order valence-electron chi connectivity index (χ0n) is 6.91. The van der Waals surface area contributed by atoms with E-state index in [1.54, 1.807) is 0 Å². The van der Waals surface area contributed by atoms with Crippen molar-refractivity contribution in [2.24, 2.45) is 5.92 Å². The first-order valence-electron chi connectivity index (χ1n) is 4.02. The van der Waals surface area contributed by atoms with E-state index in [9.17, 15) is 9.90 Å². The summed E-state index contributed by atoms with van der Waals surface area (Å²) >= 11 is 0. The Balaban J connectivity index is 2.58. The highest BCUT2D eigenvalue weighted by Crippen LogP contribution is 2.23. The van der Waals surface area contributed by atoms with Gasteiger partial charge < -0.3 is 9.84 Å². The molecular formula is C8H14O3. The lowest BCUT2D eigenvalue weighted by Gasteiger charge is -2.31. The van der Waals surface area contributed by atoms with E-state index in [1.165, 1.54) is 0 Å². The van der Waals surface area contributed by atoms with Crippen LogP contribution in [0.15, 0.2) is 0 Å². The topological polar surface area (TPSA) is 46.5 Å². The van der Waals surface area contributed by atoms with E-state index in [0.29, 0.717) is 0 Å². The third kappa shape index (κ3) is 1.71. The molecule has 0 spiro atoms. The molecule has 0 unspecified atom stereocenters. The second-order valence-corrected chi connectivity index (χ2v) is 3.07. The molecule has 11 heavy (non-hydrogen) atoms. The van der Waals surface area contributed by atoms with E-state index in [0.717, 1.165) is 6.42 Å². The van der Waals surface area contributed by atoms with Gasteiger partial charge in [-0.25, -0.2) is 0 Å². The fourth-order valence-electron chi connectivity index (χ4n) is 1.38. The molecule has 1 fully saturated rings. The van der Waals surface area contributed by atoms with Crippen LogP contribution >= 0.6 is 0 Å². The van der Waals surface area contributed by atoms with Gasteiger partial charge in [-0.1, -0.05) is 13.8 Å². The fourth-order valence-corrected chi connectivity index (χ4v) is 1.38. The molecule has 3 atom stereocenters. The predicted octanol–water partition coefficient (Wildman–Crippen LogP) is 0.709. The summed E-state index contributed by atoms with van der Waals surface area (Å²) in [6.45, 7) is 3.86. The number of hydrogen-bond donors (Lipinski definition) is 1. The Kier molecular flexibility index (Phi) is 2.49. The zero-order chi connectivity index (χ0) is 8.43. The highest BCUT2D eigenvalue weighted by atomic mass is 16.5. The average Bonchev–Trinajstić information content (AvgIpc) is 1.96. The van der Waals surface area contributed by atoms with Gasteiger partial charge in [-0.05, 0) is 6.42 Å². The molecule has 1 heterocycles. The normalized spacial score (nSPS) is 38.5. The number of cyclic esters (lactones) is 1. The summed E-state index contributed by atoms with van der Waals surface area (Å²) in [6, 6.07) is 0. The monoisotopic (exact) mass is 158 g/mol. The minimum atomic E-state index is -0.513. The summed E-state index contributed by atoms with van der Waals surface area (Å²) in [4.78, 5) is 10.8. The third-order valence-corrected chi connectivity index (χ3v) is 2.25. The largest absolute Gasteiger partial charge is 0.462 e. The Hall–Kier alpha value is -0.570. The average molecular weight is 158 g/mol. The summed E-state index contributed by atoms with van der Waals surface area (Å²) in [5.74, 6) is -0.194. The molecule has 1 aliphatic rings. The van der Waals surface area contributed by atoms with Crippen molar-refractivity contribution >= 4 is 5.97 Å². The van der Waals surface area contributed by atoms with Gasteiger partial charge >= 0.3 is 5.97 Å². The van der Waals surface area contributed by atoms with Crippen LogP contribution in [0, 0.1) is 5.92 Å². The van der Waals surface area contributed by atoms with E-state index in [1.807, 2.05) is 13.8 Å². The molecule has 1 aliphatic heterocycles. The highest BCUT2D eigenvalue weighted by Gasteiger charge is 2.33. The molecule has 0 aliphatic carbocycles. The molecule has 1 rings (SSSR count). The van der Waals surface area contributed by atoms with E-state index in [-0.39, 0.29) is 24.4 Å². The molecule has 0 amide bonds. The number of rotatable bonds is 1. The summed E-state index contributed by atoms with van der Waals surface area (Å²) < 4.78 is 5.02. The summed E-state index contributed by atoms with van der Waals surface area (Å²) in [5.41, 5.74) is 0. The molecule has 0 bridgehead atoms. The molecule has 3 nitrogen and oxygen atoms in total. The van der Waals surface area contributed by atoms with Crippen molar-refractivity contribution in [3.05, 3.63) is 0 Å². The van der Waals surface area contributed by atoms with Crippen molar-refractivity contribution in [1.29, 1.82) is 0 Å². The van der Waals surface area contributed by atoms with Gasteiger partial charge in [-0.2, -0.15) is 0 Å². The van der Waals surface area contributed by atoms with Crippen LogP contribution in [0.4, 0.5) is 0 Å². The number of ether oxygens (including phenoxy) is 1. The van der Waals surface area contributed by atoms with Crippen LogP contribution in [0.2, 0.25) is 0 Å². The lowest BCUT2D eigenvalue weighted by molar-refractivity contribution is -0.167. The van der Waals surface area contributed by atoms with Gasteiger partial charge in [-0.15, -0.1) is 0 Å². The Morgan fingerprint density at radius 2 is 2.36 bits per heavy atom. The first kappa shape index (κ1) is 8.53. The molecule has 1 saturated heterocycles. The van der Waals surface area contributed by atoms with Crippen molar-refractivity contribution < 1.29 is 14.6 Å². The number of aliphatic hydroxyl groups is 1. The van der Waals surface area contributed by atoms with Crippen LogP contribution in [0.3, 0.4) is 0 Å². The molecule has 0 saturated carbocycles. The molecule has 0 aromatic rings. The minimum Gasteiger partial charge on any atom is -0.462 e. The molecule has 1 N–H and O–H groups in total. The lowest BCUT2D eigenvalue weighted by atomic mass is 9.92. The molecule has 64 valence electrons. The Morgan fingerprint density at radius 3 is 2.91 bits per heavy atom. The second kappa shape index (κ2) is 3.22. The SMILES string of the molecule is CC[C@H]1OC(=O)C[C@H](O)[C@@H]1C. The van der Waals surface area contributed by atoms with Gasteiger partial charge in [0, 0.05) is 5.92 Å². The summed E-state index contributed by atoms with van der Waals surface area (Å²) in [7, 11) is 0. The van der Waals surface area contributed by atoms with E-state index in [4.69, 9.17) is 4.74 Å². The maximum absolute atomic E-state index is 10.8. The Bertz CT molecular complexity index is 155. The van der Waals surface area contributed by atoms with Crippen LogP contribution < -0.4 is 0 Å². The van der Waals surface area contributed by atoms with Crippen molar-refractivity contribution in [2.45, 2.75) is 38.9 Å².